The van der Waals surface area contributed by atoms with Gasteiger partial charge in [0.25, 0.3) is 0 Å². The van der Waals surface area contributed by atoms with Crippen molar-refractivity contribution in [1.82, 2.24) is 15.1 Å². The average Bonchev–Trinajstić information content (AvgIpc) is 2.77. The van der Waals surface area contributed by atoms with Crippen LogP contribution in [0.4, 0.5) is 0 Å². The number of nitrogens with zero attached hydrogens (tertiary/aromatic N) is 2. The van der Waals surface area contributed by atoms with Gasteiger partial charge < -0.3 is 5.32 Å². The summed E-state index contributed by atoms with van der Waals surface area (Å²) in [7, 11) is 0. The molecular weight excluding hydrogens is 210 g/mol. The van der Waals surface area contributed by atoms with Crippen LogP contribution in [0.5, 0.6) is 0 Å². The Morgan fingerprint density at radius 1 is 1.35 bits per heavy atom. The molecule has 0 radical (unpaired) electrons. The Bertz CT molecular complexity index is 306. The van der Waals surface area contributed by atoms with Crippen molar-refractivity contribution in [2.24, 2.45) is 5.92 Å². The van der Waals surface area contributed by atoms with Crippen LogP contribution in [0.25, 0.3) is 0 Å². The molecule has 2 atom stereocenters. The molecule has 0 aliphatic rings. The van der Waals surface area contributed by atoms with E-state index in [1.807, 2.05) is 6.20 Å². The summed E-state index contributed by atoms with van der Waals surface area (Å²) in [4.78, 5) is 0. The molecule has 1 rings (SSSR count). The molecule has 0 fully saturated rings. The minimum Gasteiger partial charge on any atom is -0.309 e. The highest BCUT2D eigenvalue weighted by atomic mass is 15.3. The zero-order valence-corrected chi connectivity index (χ0v) is 11.7. The number of rotatable bonds is 8. The number of hydrogen-bond acceptors (Lipinski definition) is 2. The molecule has 1 aromatic heterocycles. The standard InChI is InChI=1S/C14H27N3/c1-5-10-17-14(8-9-16-17)13(15-7-3)11-12(4)6-2/h8-9,12-13,15H,5-7,10-11H2,1-4H3. The Morgan fingerprint density at radius 2 is 2.12 bits per heavy atom. The molecule has 0 aromatic carbocycles. The van der Waals surface area contributed by atoms with Crippen molar-refractivity contribution in [2.75, 3.05) is 6.54 Å². The van der Waals surface area contributed by atoms with E-state index >= 15 is 0 Å². The molecule has 0 spiro atoms. The van der Waals surface area contributed by atoms with Gasteiger partial charge in [0.1, 0.15) is 0 Å². The maximum Gasteiger partial charge on any atom is 0.0553 e. The number of aromatic nitrogens is 2. The summed E-state index contributed by atoms with van der Waals surface area (Å²) in [5.41, 5.74) is 1.34. The molecule has 1 N–H and O–H groups in total. The summed E-state index contributed by atoms with van der Waals surface area (Å²) < 4.78 is 2.15. The second kappa shape index (κ2) is 7.49. The molecule has 17 heavy (non-hydrogen) atoms. The van der Waals surface area contributed by atoms with Crippen LogP contribution in [0, 0.1) is 5.92 Å². The molecule has 3 nitrogen and oxygen atoms in total. The van der Waals surface area contributed by atoms with Gasteiger partial charge in [0.05, 0.1) is 5.69 Å². The van der Waals surface area contributed by atoms with Crippen molar-refractivity contribution in [3.05, 3.63) is 18.0 Å². The SMILES string of the molecule is CCCn1nccc1C(CC(C)CC)NCC. The van der Waals surface area contributed by atoms with Crippen LogP contribution < -0.4 is 5.32 Å². The van der Waals surface area contributed by atoms with Gasteiger partial charge in [-0.1, -0.05) is 34.1 Å². The number of hydrogen-bond donors (Lipinski definition) is 1. The van der Waals surface area contributed by atoms with E-state index in [1.54, 1.807) is 0 Å². The lowest BCUT2D eigenvalue weighted by Gasteiger charge is -2.22. The van der Waals surface area contributed by atoms with Crippen molar-refractivity contribution in [3.8, 4) is 0 Å². The predicted molar refractivity (Wildman–Crippen MR) is 73.0 cm³/mol. The Morgan fingerprint density at radius 3 is 2.71 bits per heavy atom. The van der Waals surface area contributed by atoms with Gasteiger partial charge in [-0.15, -0.1) is 0 Å². The second-order valence-corrected chi connectivity index (χ2v) is 4.84. The van der Waals surface area contributed by atoms with Gasteiger partial charge in [-0.3, -0.25) is 4.68 Å². The number of aryl methyl sites for hydroxylation is 1. The Labute approximate surface area is 106 Å². The van der Waals surface area contributed by atoms with Crippen LogP contribution in [0.3, 0.4) is 0 Å². The van der Waals surface area contributed by atoms with Crippen molar-refractivity contribution in [2.45, 2.75) is 59.5 Å². The topological polar surface area (TPSA) is 29.9 Å². The third kappa shape index (κ3) is 4.15. The maximum atomic E-state index is 4.42. The minimum absolute atomic E-state index is 0.448. The van der Waals surface area contributed by atoms with Gasteiger partial charge in [-0.25, -0.2) is 0 Å². The lowest BCUT2D eigenvalue weighted by Crippen LogP contribution is -2.25. The predicted octanol–water partition coefficient (Wildman–Crippen LogP) is 3.38. The summed E-state index contributed by atoms with van der Waals surface area (Å²) >= 11 is 0. The summed E-state index contributed by atoms with van der Waals surface area (Å²) in [5, 5.41) is 8.01. The zero-order chi connectivity index (χ0) is 12.7. The van der Waals surface area contributed by atoms with Crippen LogP contribution in [-0.2, 0) is 6.54 Å². The Balaban J connectivity index is 2.77. The highest BCUT2D eigenvalue weighted by molar-refractivity contribution is 5.07. The highest BCUT2D eigenvalue weighted by Gasteiger charge is 2.17. The summed E-state index contributed by atoms with van der Waals surface area (Å²) in [6.07, 6.45) is 5.49. The molecular formula is C14H27N3. The first kappa shape index (κ1) is 14.2. The first-order valence-electron chi connectivity index (χ1n) is 6.97. The molecule has 0 amide bonds. The smallest absolute Gasteiger partial charge is 0.0553 e. The van der Waals surface area contributed by atoms with Crippen LogP contribution in [-0.4, -0.2) is 16.3 Å². The lowest BCUT2D eigenvalue weighted by atomic mass is 9.97. The van der Waals surface area contributed by atoms with Crippen LogP contribution in [0.15, 0.2) is 12.3 Å². The molecule has 1 aromatic rings. The van der Waals surface area contributed by atoms with E-state index in [9.17, 15) is 0 Å². The number of nitrogens with one attached hydrogen (secondary N) is 1. The highest BCUT2D eigenvalue weighted by Crippen LogP contribution is 2.22. The van der Waals surface area contributed by atoms with E-state index in [-0.39, 0.29) is 0 Å². The van der Waals surface area contributed by atoms with E-state index in [2.05, 4.69) is 48.9 Å². The molecule has 1 heterocycles. The van der Waals surface area contributed by atoms with Gasteiger partial charge in [0, 0.05) is 18.8 Å². The van der Waals surface area contributed by atoms with Gasteiger partial charge >= 0.3 is 0 Å². The molecule has 98 valence electrons. The van der Waals surface area contributed by atoms with Crippen LogP contribution in [0.1, 0.15) is 58.7 Å². The molecule has 0 aliphatic heterocycles. The maximum absolute atomic E-state index is 4.42. The molecule has 0 saturated heterocycles. The van der Waals surface area contributed by atoms with E-state index in [0.29, 0.717) is 6.04 Å². The molecule has 3 heteroatoms. The van der Waals surface area contributed by atoms with Crippen molar-refractivity contribution < 1.29 is 0 Å². The van der Waals surface area contributed by atoms with Gasteiger partial charge in [0.2, 0.25) is 0 Å². The summed E-state index contributed by atoms with van der Waals surface area (Å²) in [6.45, 7) is 11.0. The largest absolute Gasteiger partial charge is 0.309 e. The van der Waals surface area contributed by atoms with Gasteiger partial charge in [0.15, 0.2) is 0 Å². The van der Waals surface area contributed by atoms with Gasteiger partial charge in [-0.05, 0) is 31.4 Å². The Hall–Kier alpha value is -0.830. The first-order chi connectivity index (χ1) is 8.22. The van der Waals surface area contributed by atoms with Gasteiger partial charge in [-0.2, -0.15) is 5.10 Å². The van der Waals surface area contributed by atoms with E-state index in [0.717, 1.165) is 25.4 Å². The first-order valence-corrected chi connectivity index (χ1v) is 6.97. The van der Waals surface area contributed by atoms with E-state index < -0.39 is 0 Å². The van der Waals surface area contributed by atoms with Crippen LogP contribution in [0.2, 0.25) is 0 Å². The quantitative estimate of drug-likeness (QED) is 0.751. The fraction of sp³-hybridized carbons (Fsp3) is 0.786. The lowest BCUT2D eigenvalue weighted by molar-refractivity contribution is 0.384. The third-order valence-electron chi connectivity index (χ3n) is 3.33. The monoisotopic (exact) mass is 237 g/mol. The van der Waals surface area contributed by atoms with E-state index in [1.165, 1.54) is 18.5 Å². The molecule has 2 unspecified atom stereocenters. The Kier molecular flexibility index (Phi) is 6.27. The van der Waals surface area contributed by atoms with E-state index in [4.69, 9.17) is 0 Å². The molecule has 0 saturated carbocycles. The van der Waals surface area contributed by atoms with Crippen molar-refractivity contribution in [3.63, 3.8) is 0 Å². The van der Waals surface area contributed by atoms with Crippen LogP contribution >= 0.6 is 0 Å². The van der Waals surface area contributed by atoms with Crippen molar-refractivity contribution >= 4 is 0 Å². The average molecular weight is 237 g/mol. The zero-order valence-electron chi connectivity index (χ0n) is 11.7. The second-order valence-electron chi connectivity index (χ2n) is 4.84. The third-order valence-corrected chi connectivity index (χ3v) is 3.33. The summed E-state index contributed by atoms with van der Waals surface area (Å²) in [5.74, 6) is 0.754. The molecule has 0 bridgehead atoms. The summed E-state index contributed by atoms with van der Waals surface area (Å²) in [6, 6.07) is 2.61. The van der Waals surface area contributed by atoms with Crippen molar-refractivity contribution in [1.29, 1.82) is 0 Å². The fourth-order valence-electron chi connectivity index (χ4n) is 2.16. The molecule has 0 aliphatic carbocycles. The minimum atomic E-state index is 0.448. The normalized spacial score (nSPS) is 14.8. The fourth-order valence-corrected chi connectivity index (χ4v) is 2.16.